The third-order valence-corrected chi connectivity index (χ3v) is 12.1. The van der Waals surface area contributed by atoms with E-state index < -0.39 is 0 Å². The summed E-state index contributed by atoms with van der Waals surface area (Å²) in [4.78, 5) is 26.9. The molecule has 0 aliphatic carbocycles. The minimum Gasteiger partial charge on any atom is -0.457 e. The van der Waals surface area contributed by atoms with Crippen LogP contribution in [-0.4, -0.2) is 29.9 Å². The molecule has 0 amide bonds. The van der Waals surface area contributed by atoms with Crippen molar-refractivity contribution >= 4 is 0 Å². The third kappa shape index (κ3) is 12.7. The largest absolute Gasteiger partial charge is 0.457 e. The van der Waals surface area contributed by atoms with Gasteiger partial charge in [0.25, 0.3) is 0 Å². The summed E-state index contributed by atoms with van der Waals surface area (Å²) in [7, 11) is 0. The van der Waals surface area contributed by atoms with Crippen LogP contribution in [0.5, 0.6) is 82.1 Å². The van der Waals surface area contributed by atoms with Gasteiger partial charge in [0.15, 0.2) is 0 Å². The van der Waals surface area contributed by atoms with Crippen molar-refractivity contribution in [3.8, 4) is 127 Å². The number of hydrogen-bond donors (Lipinski definition) is 0. The average Bonchev–Trinajstić information content (AvgIpc) is 3.52. The van der Waals surface area contributed by atoms with Crippen LogP contribution in [0, 0.1) is 0 Å². The van der Waals surface area contributed by atoms with Crippen LogP contribution in [0.4, 0.5) is 0 Å². The van der Waals surface area contributed by atoms with Gasteiger partial charge in [-0.1, -0.05) is 170 Å². The highest BCUT2D eigenvalue weighted by Crippen LogP contribution is 2.34. The standard InChI is InChI=1S/C66H44N6O7/c1-5-13-45(14-6-1)49-21-29-55(30-22-49)74-61-67-62(75-56-31-23-50(24-32-56)46-15-7-2-8-16-46)70-65(69-61)78-59-41-37-53(38-42-59)73-54-39-43-60(44-40-54)79-66-71-63(76-57-33-25-51(26-34-57)47-17-9-3-10-18-47)68-64(72-66)77-58-35-27-52(28-36-58)48-19-11-4-12-20-48/h1-44H. The van der Waals surface area contributed by atoms with Gasteiger partial charge in [-0.3, -0.25) is 0 Å². The second kappa shape index (κ2) is 23.2. The molecule has 0 aliphatic heterocycles. The third-order valence-electron chi connectivity index (χ3n) is 12.1. The first-order valence-corrected chi connectivity index (χ1v) is 25.1. The van der Waals surface area contributed by atoms with Crippen LogP contribution in [0.15, 0.2) is 267 Å². The molecule has 12 rings (SSSR count). The number of ether oxygens (including phenoxy) is 7. The van der Waals surface area contributed by atoms with Crippen LogP contribution in [0.3, 0.4) is 0 Å². The predicted molar refractivity (Wildman–Crippen MR) is 301 cm³/mol. The summed E-state index contributed by atoms with van der Waals surface area (Å²) in [6, 6.07) is 84.7. The van der Waals surface area contributed by atoms with Gasteiger partial charge in [0.05, 0.1) is 0 Å². The second-order valence-electron chi connectivity index (χ2n) is 17.6. The maximum Gasteiger partial charge on any atom is 0.331 e. The predicted octanol–water partition coefficient (Wildman–Crippen LogP) is 17.3. The molecule has 0 fully saturated rings. The number of aromatic nitrogens is 6. The summed E-state index contributed by atoms with van der Waals surface area (Å²) in [6.07, 6.45) is 0. The summed E-state index contributed by atoms with van der Waals surface area (Å²) in [6.45, 7) is 0. The number of nitrogens with zero attached hydrogens (tertiary/aromatic N) is 6. The van der Waals surface area contributed by atoms with Gasteiger partial charge >= 0.3 is 36.1 Å². The van der Waals surface area contributed by atoms with Gasteiger partial charge in [-0.15, -0.1) is 29.9 Å². The Balaban J connectivity index is 0.730. The summed E-state index contributed by atoms with van der Waals surface area (Å²) < 4.78 is 43.1. The van der Waals surface area contributed by atoms with E-state index in [0.717, 1.165) is 44.5 Å². The lowest BCUT2D eigenvalue weighted by Gasteiger charge is -2.11. The van der Waals surface area contributed by atoms with E-state index >= 15 is 0 Å². The fourth-order valence-electron chi connectivity index (χ4n) is 8.22. The minimum absolute atomic E-state index is 0.0197. The zero-order valence-electron chi connectivity index (χ0n) is 41.9. The Morgan fingerprint density at radius 3 is 0.456 bits per heavy atom. The Morgan fingerprint density at radius 2 is 0.278 bits per heavy atom. The number of hydrogen-bond acceptors (Lipinski definition) is 13. The van der Waals surface area contributed by atoms with E-state index in [0.29, 0.717) is 46.0 Å². The summed E-state index contributed by atoms with van der Waals surface area (Å²) in [5.41, 5.74) is 8.49. The molecular formula is C66H44N6O7. The molecule has 2 aromatic heterocycles. The van der Waals surface area contributed by atoms with E-state index in [1.54, 1.807) is 48.5 Å². The lowest BCUT2D eigenvalue weighted by atomic mass is 10.1. The first-order valence-electron chi connectivity index (χ1n) is 25.1. The molecule has 13 heteroatoms. The van der Waals surface area contributed by atoms with Crippen molar-refractivity contribution in [2.24, 2.45) is 0 Å². The molecule has 0 N–H and O–H groups in total. The molecule has 0 saturated carbocycles. The van der Waals surface area contributed by atoms with E-state index in [2.05, 4.69) is 29.9 Å². The van der Waals surface area contributed by atoms with Crippen molar-refractivity contribution in [2.75, 3.05) is 0 Å². The molecule has 13 nitrogen and oxygen atoms in total. The van der Waals surface area contributed by atoms with Gasteiger partial charge in [-0.2, -0.15) is 0 Å². The molecule has 0 spiro atoms. The Morgan fingerprint density at radius 1 is 0.139 bits per heavy atom. The molecule has 0 unspecified atom stereocenters. The molecule has 10 aromatic carbocycles. The van der Waals surface area contributed by atoms with Gasteiger partial charge < -0.3 is 33.2 Å². The summed E-state index contributed by atoms with van der Waals surface area (Å²) >= 11 is 0. The normalized spacial score (nSPS) is 10.8. The Hall–Kier alpha value is -11.2. The fourth-order valence-corrected chi connectivity index (χ4v) is 8.22. The Kier molecular flexibility index (Phi) is 14.3. The first-order chi connectivity index (χ1) is 39.0. The van der Waals surface area contributed by atoms with E-state index in [1.165, 1.54) is 0 Å². The average molecular weight is 1030 g/mol. The minimum atomic E-state index is -0.0448. The van der Waals surface area contributed by atoms with E-state index in [-0.39, 0.29) is 36.1 Å². The molecule has 0 bridgehead atoms. The lowest BCUT2D eigenvalue weighted by molar-refractivity contribution is 0.361. The zero-order chi connectivity index (χ0) is 53.0. The highest BCUT2D eigenvalue weighted by atomic mass is 16.5. The van der Waals surface area contributed by atoms with Gasteiger partial charge in [0, 0.05) is 0 Å². The van der Waals surface area contributed by atoms with Crippen molar-refractivity contribution < 1.29 is 33.2 Å². The van der Waals surface area contributed by atoms with Gasteiger partial charge in [0.2, 0.25) is 0 Å². The van der Waals surface area contributed by atoms with E-state index in [1.807, 2.05) is 218 Å². The Labute approximate surface area is 454 Å². The maximum absolute atomic E-state index is 6.20. The molecule has 79 heavy (non-hydrogen) atoms. The molecule has 12 aromatic rings. The van der Waals surface area contributed by atoms with Crippen LogP contribution < -0.4 is 33.2 Å². The molecule has 0 saturated heterocycles. The van der Waals surface area contributed by atoms with Crippen molar-refractivity contribution in [3.63, 3.8) is 0 Å². The van der Waals surface area contributed by atoms with Gasteiger partial charge in [0.1, 0.15) is 46.0 Å². The van der Waals surface area contributed by atoms with Gasteiger partial charge in [-0.05, 0) is 142 Å². The molecule has 380 valence electrons. The molecule has 0 atom stereocenters. The topological polar surface area (TPSA) is 142 Å². The molecule has 0 aliphatic rings. The van der Waals surface area contributed by atoms with Gasteiger partial charge in [-0.25, -0.2) is 0 Å². The highest BCUT2D eigenvalue weighted by Gasteiger charge is 2.16. The number of benzene rings is 10. The Bertz CT molecular complexity index is 3460. The van der Waals surface area contributed by atoms with E-state index in [9.17, 15) is 0 Å². The van der Waals surface area contributed by atoms with Crippen LogP contribution in [0.25, 0.3) is 44.5 Å². The van der Waals surface area contributed by atoms with Crippen LogP contribution >= 0.6 is 0 Å². The smallest absolute Gasteiger partial charge is 0.331 e. The van der Waals surface area contributed by atoms with Crippen molar-refractivity contribution in [2.45, 2.75) is 0 Å². The maximum atomic E-state index is 6.20. The first kappa shape index (κ1) is 48.7. The van der Waals surface area contributed by atoms with Crippen LogP contribution in [0.1, 0.15) is 0 Å². The second-order valence-corrected chi connectivity index (χ2v) is 17.6. The highest BCUT2D eigenvalue weighted by molar-refractivity contribution is 5.67. The summed E-state index contributed by atoms with van der Waals surface area (Å²) in [5, 5.41) is 0. The molecular weight excluding hydrogens is 989 g/mol. The molecule has 0 radical (unpaired) electrons. The SMILES string of the molecule is c1ccc(-c2ccc(Oc3nc(Oc4ccc(Oc5ccc(Oc6nc(Oc7ccc(-c8ccccc8)cc7)nc(Oc7ccc(-c8ccccc8)cc7)n6)cc5)cc4)nc(Oc4ccc(-c5ccccc5)cc4)n3)cc2)cc1. The number of rotatable bonds is 18. The lowest BCUT2D eigenvalue weighted by Crippen LogP contribution is -2.01. The monoisotopic (exact) mass is 1030 g/mol. The van der Waals surface area contributed by atoms with Crippen molar-refractivity contribution in [1.29, 1.82) is 0 Å². The fraction of sp³-hybridized carbons (Fsp3) is 0. The quantitative estimate of drug-likeness (QED) is 0.0805. The van der Waals surface area contributed by atoms with Crippen LogP contribution in [0.2, 0.25) is 0 Å². The van der Waals surface area contributed by atoms with Crippen LogP contribution in [-0.2, 0) is 0 Å². The zero-order valence-corrected chi connectivity index (χ0v) is 41.9. The van der Waals surface area contributed by atoms with E-state index in [4.69, 9.17) is 33.2 Å². The van der Waals surface area contributed by atoms with Crippen molar-refractivity contribution in [1.82, 2.24) is 29.9 Å². The van der Waals surface area contributed by atoms with Crippen molar-refractivity contribution in [3.05, 3.63) is 267 Å². The molecule has 2 heterocycles. The summed E-state index contributed by atoms with van der Waals surface area (Å²) in [5.74, 6) is 4.00.